The van der Waals surface area contributed by atoms with Gasteiger partial charge in [-0.2, -0.15) is 23.3 Å². The Labute approximate surface area is 197 Å². The van der Waals surface area contributed by atoms with Crippen LogP contribution in [0.3, 0.4) is 0 Å². The first-order valence-corrected chi connectivity index (χ1v) is 11.7. The Bertz CT molecular complexity index is 397. The standard InChI is InChI=1S/2C10H15.C2H7Si.2ClH.Hf/c2*1-3-4-7-10-8-5-6-9(10)2;1-3-2;;;/h2*8H,3-5,7H2,1-2H3;3H,1-2H3;2*1H;/q2*-1;;;;. The summed E-state index contributed by atoms with van der Waals surface area (Å²) in [6.45, 7) is 13.2. The van der Waals surface area contributed by atoms with Gasteiger partial charge in [-0.15, -0.1) is 37.7 Å². The van der Waals surface area contributed by atoms with E-state index in [1.807, 2.05) is 0 Å². The molecule has 1 radical (unpaired) electrons. The minimum absolute atomic E-state index is 0. The summed E-state index contributed by atoms with van der Waals surface area (Å²) in [7, 11) is 0.750. The van der Waals surface area contributed by atoms with Crippen molar-refractivity contribution >= 4 is 34.3 Å². The zero-order valence-corrected chi connectivity index (χ0v) is 24.1. The second-order valence-corrected chi connectivity index (χ2v) is 7.41. The summed E-state index contributed by atoms with van der Waals surface area (Å²) < 4.78 is 0. The normalized spacial score (nSPS) is 13.8. The van der Waals surface area contributed by atoms with E-state index in [-0.39, 0.29) is 50.7 Å². The summed E-state index contributed by atoms with van der Waals surface area (Å²) in [5.41, 5.74) is 5.82. The summed E-state index contributed by atoms with van der Waals surface area (Å²) in [5.74, 6) is 0. The first-order valence-electron chi connectivity index (χ1n) is 9.38. The number of hydrogen-bond acceptors (Lipinski definition) is 0. The molecule has 0 fully saturated rings. The van der Waals surface area contributed by atoms with Crippen molar-refractivity contribution in [2.75, 3.05) is 0 Å². The summed E-state index contributed by atoms with van der Waals surface area (Å²) in [6, 6.07) is 0. The van der Waals surface area contributed by atoms with Crippen LogP contribution in [0, 0.1) is 12.2 Å². The van der Waals surface area contributed by atoms with Gasteiger partial charge in [0.1, 0.15) is 0 Å². The van der Waals surface area contributed by atoms with Crippen molar-refractivity contribution in [1.29, 1.82) is 0 Å². The van der Waals surface area contributed by atoms with E-state index in [0.717, 1.165) is 22.4 Å². The minimum Gasteiger partial charge on any atom is -0.269 e. The van der Waals surface area contributed by atoms with Crippen molar-refractivity contribution in [1.82, 2.24) is 0 Å². The molecule has 0 aliphatic heterocycles. The Kier molecular flexibility index (Phi) is 31.1. The summed E-state index contributed by atoms with van der Waals surface area (Å²) in [5, 5.41) is 0. The van der Waals surface area contributed by atoms with Crippen molar-refractivity contribution in [3.63, 3.8) is 0 Å². The first kappa shape index (κ1) is 34.2. The van der Waals surface area contributed by atoms with Crippen LogP contribution in [0.25, 0.3) is 0 Å². The monoisotopic (exact) mass is 581 g/mol. The smallest absolute Gasteiger partial charge is 0.0213 e. The molecule has 0 aromatic heterocycles. The molecule has 4 heteroatoms. The van der Waals surface area contributed by atoms with Gasteiger partial charge in [0, 0.05) is 35.4 Å². The van der Waals surface area contributed by atoms with Gasteiger partial charge in [0.2, 0.25) is 0 Å². The number of hydrogen-bond donors (Lipinski definition) is 0. The maximum absolute atomic E-state index is 3.30. The van der Waals surface area contributed by atoms with Gasteiger partial charge < -0.3 is 0 Å². The molecule has 26 heavy (non-hydrogen) atoms. The molecule has 0 aromatic rings. The molecule has 0 N–H and O–H groups in total. The average Bonchev–Trinajstić information content (AvgIpc) is 3.13. The molecule has 0 aromatic carbocycles. The van der Waals surface area contributed by atoms with Crippen LogP contribution in [-0.4, -0.2) is 9.52 Å². The zero-order valence-electron chi connectivity index (χ0n) is 17.7. The number of halogens is 2. The van der Waals surface area contributed by atoms with Crippen LogP contribution < -0.4 is 0 Å². The van der Waals surface area contributed by atoms with Gasteiger partial charge in [-0.3, -0.25) is 12.2 Å². The second-order valence-electron chi connectivity index (χ2n) is 6.25. The third-order valence-electron chi connectivity index (χ3n) is 3.99. The Balaban J connectivity index is -0.000000147. The van der Waals surface area contributed by atoms with E-state index in [4.69, 9.17) is 0 Å². The van der Waals surface area contributed by atoms with E-state index in [1.54, 1.807) is 0 Å². The van der Waals surface area contributed by atoms with Crippen LogP contribution in [-0.2, 0) is 25.8 Å². The fourth-order valence-electron chi connectivity index (χ4n) is 2.50. The van der Waals surface area contributed by atoms with E-state index in [9.17, 15) is 0 Å². The Morgan fingerprint density at radius 1 is 0.808 bits per heavy atom. The molecule has 0 nitrogen and oxygen atoms in total. The maximum atomic E-state index is 3.30. The molecular weight excluding hydrogens is 542 g/mol. The topological polar surface area (TPSA) is 0 Å². The van der Waals surface area contributed by atoms with Crippen molar-refractivity contribution in [3.8, 4) is 0 Å². The maximum Gasteiger partial charge on any atom is 0.0213 e. The zero-order chi connectivity index (χ0) is 17.5. The largest absolute Gasteiger partial charge is 0.269 e. The van der Waals surface area contributed by atoms with Crippen molar-refractivity contribution in [2.24, 2.45) is 0 Å². The molecule has 2 aliphatic rings. The minimum atomic E-state index is 0. The van der Waals surface area contributed by atoms with Crippen LogP contribution >= 0.6 is 24.8 Å². The summed E-state index contributed by atoms with van der Waals surface area (Å²) in [6.07, 6.45) is 21.1. The predicted molar refractivity (Wildman–Crippen MR) is 123 cm³/mol. The fourth-order valence-corrected chi connectivity index (χ4v) is 2.50. The SMILES string of the molecule is CCCCC1=CC[C-]=C1C.CCCCC1=CC[C-]=C1C.C[SiH]C.Cl.Cl.[Hf]. The van der Waals surface area contributed by atoms with E-state index in [0.29, 0.717) is 0 Å². The van der Waals surface area contributed by atoms with E-state index >= 15 is 0 Å². The third-order valence-corrected chi connectivity index (χ3v) is 3.99. The van der Waals surface area contributed by atoms with Crippen molar-refractivity contribution in [3.05, 3.63) is 46.6 Å². The Hall–Kier alpha value is 0.627. The number of rotatable bonds is 6. The molecule has 0 heterocycles. The van der Waals surface area contributed by atoms with Crippen molar-refractivity contribution in [2.45, 2.75) is 92.2 Å². The molecule has 151 valence electrons. The third kappa shape index (κ3) is 16.8. The molecular formula is C22H39Cl2HfSi-2. The average molecular weight is 581 g/mol. The van der Waals surface area contributed by atoms with E-state index in [1.165, 1.54) is 60.8 Å². The van der Waals surface area contributed by atoms with Gasteiger partial charge in [0.05, 0.1) is 0 Å². The van der Waals surface area contributed by atoms with E-state index in [2.05, 4.69) is 65.1 Å². The van der Waals surface area contributed by atoms with Gasteiger partial charge in [-0.05, 0) is 0 Å². The molecule has 0 unspecified atom stereocenters. The first-order chi connectivity index (χ1) is 11.1. The molecule has 2 aliphatic carbocycles. The Morgan fingerprint density at radius 3 is 1.31 bits per heavy atom. The van der Waals surface area contributed by atoms with Crippen LogP contribution in [0.5, 0.6) is 0 Å². The van der Waals surface area contributed by atoms with E-state index < -0.39 is 0 Å². The molecule has 2 rings (SSSR count). The van der Waals surface area contributed by atoms with Crippen LogP contribution in [0.4, 0.5) is 0 Å². The summed E-state index contributed by atoms with van der Waals surface area (Å²) >= 11 is 0. The van der Waals surface area contributed by atoms with Gasteiger partial charge in [0.15, 0.2) is 0 Å². The number of allylic oxidation sites excluding steroid dienone is 8. The molecule has 0 saturated carbocycles. The van der Waals surface area contributed by atoms with Crippen molar-refractivity contribution < 1.29 is 25.8 Å². The number of unbranched alkanes of at least 4 members (excludes halogenated alkanes) is 2. The quantitative estimate of drug-likeness (QED) is 0.221. The van der Waals surface area contributed by atoms with Gasteiger partial charge in [-0.25, -0.2) is 11.1 Å². The van der Waals surface area contributed by atoms with Crippen LogP contribution in [0.15, 0.2) is 34.4 Å². The Morgan fingerprint density at radius 2 is 1.12 bits per heavy atom. The van der Waals surface area contributed by atoms with Gasteiger partial charge in [0.25, 0.3) is 0 Å². The van der Waals surface area contributed by atoms with Gasteiger partial charge >= 0.3 is 0 Å². The molecule has 0 bridgehead atoms. The summed E-state index contributed by atoms with van der Waals surface area (Å²) in [4.78, 5) is 0. The molecule has 0 atom stereocenters. The molecule has 0 amide bonds. The predicted octanol–water partition coefficient (Wildman–Crippen LogP) is 7.87. The second kappa shape index (κ2) is 23.7. The molecule has 0 spiro atoms. The van der Waals surface area contributed by atoms with Crippen LogP contribution in [0.2, 0.25) is 13.1 Å². The fraction of sp³-hybridized carbons (Fsp3) is 0.636. The molecule has 0 saturated heterocycles. The van der Waals surface area contributed by atoms with Gasteiger partial charge in [-0.1, -0.05) is 79.3 Å². The van der Waals surface area contributed by atoms with Crippen LogP contribution in [0.1, 0.15) is 79.1 Å².